The van der Waals surface area contributed by atoms with Gasteiger partial charge in [0.15, 0.2) is 5.82 Å². The highest BCUT2D eigenvalue weighted by Crippen LogP contribution is 2.29. The summed E-state index contributed by atoms with van der Waals surface area (Å²) in [5.41, 5.74) is 0. The molecular formula is C11H16N4O4. The number of hydrogen-bond donors (Lipinski definition) is 1. The van der Waals surface area contributed by atoms with Crippen LogP contribution in [0.2, 0.25) is 0 Å². The first-order valence-corrected chi connectivity index (χ1v) is 5.95. The second-order valence-corrected chi connectivity index (χ2v) is 4.32. The van der Waals surface area contributed by atoms with Gasteiger partial charge in [0.2, 0.25) is 17.7 Å². The predicted molar refractivity (Wildman–Crippen MR) is 62.8 cm³/mol. The Bertz CT molecular complexity index is 473. The summed E-state index contributed by atoms with van der Waals surface area (Å²) in [5, 5.41) is 6.37. The Balaban J connectivity index is 1.92. The van der Waals surface area contributed by atoms with E-state index in [1.165, 1.54) is 7.11 Å². The predicted octanol–water partition coefficient (Wildman–Crippen LogP) is -0.375. The molecule has 0 unspecified atom stereocenters. The van der Waals surface area contributed by atoms with Crippen molar-refractivity contribution in [2.24, 2.45) is 0 Å². The summed E-state index contributed by atoms with van der Waals surface area (Å²) < 4.78 is 9.81. The number of rotatable bonds is 5. The molecule has 19 heavy (non-hydrogen) atoms. The van der Waals surface area contributed by atoms with Gasteiger partial charge in [0, 0.05) is 20.6 Å². The van der Waals surface area contributed by atoms with Gasteiger partial charge >= 0.3 is 0 Å². The Morgan fingerprint density at radius 3 is 3.05 bits per heavy atom. The quantitative estimate of drug-likeness (QED) is 0.782. The van der Waals surface area contributed by atoms with Crippen LogP contribution in [0.5, 0.6) is 0 Å². The molecule has 104 valence electrons. The second-order valence-electron chi connectivity index (χ2n) is 4.32. The average molecular weight is 268 g/mol. The normalized spacial score (nSPS) is 18.9. The van der Waals surface area contributed by atoms with Crippen molar-refractivity contribution < 1.29 is 18.8 Å². The molecule has 1 atom stereocenters. The fraction of sp³-hybridized carbons (Fsp3) is 0.636. The Morgan fingerprint density at radius 1 is 1.63 bits per heavy atom. The molecule has 1 aromatic rings. The lowest BCUT2D eigenvalue weighted by atomic mass is 10.2. The summed E-state index contributed by atoms with van der Waals surface area (Å²) in [6.07, 6.45) is 1.16. The molecule has 1 aliphatic heterocycles. The highest BCUT2D eigenvalue weighted by molar-refractivity contribution is 5.78. The second kappa shape index (κ2) is 5.79. The molecule has 1 aromatic heterocycles. The minimum Gasteiger partial charge on any atom is -0.375 e. The van der Waals surface area contributed by atoms with E-state index in [-0.39, 0.29) is 31.0 Å². The summed E-state index contributed by atoms with van der Waals surface area (Å²) in [7, 11) is 3.16. The van der Waals surface area contributed by atoms with E-state index in [2.05, 4.69) is 20.2 Å². The van der Waals surface area contributed by atoms with Crippen molar-refractivity contribution in [3.05, 3.63) is 11.7 Å². The summed E-state index contributed by atoms with van der Waals surface area (Å²) in [6, 6.07) is -0.163. The number of nitrogens with one attached hydrogen (secondary N) is 1. The first-order valence-electron chi connectivity index (χ1n) is 5.95. The minimum absolute atomic E-state index is 0.00935. The molecule has 2 rings (SSSR count). The molecule has 2 heterocycles. The molecule has 1 aliphatic rings. The third-order valence-corrected chi connectivity index (χ3v) is 2.98. The molecular weight excluding hydrogens is 252 g/mol. The number of nitrogens with zero attached hydrogens (tertiary/aromatic N) is 3. The first-order chi connectivity index (χ1) is 9.11. The molecule has 0 saturated carbocycles. The van der Waals surface area contributed by atoms with E-state index in [0.29, 0.717) is 24.6 Å². The summed E-state index contributed by atoms with van der Waals surface area (Å²) >= 11 is 0. The van der Waals surface area contributed by atoms with Crippen molar-refractivity contribution in [1.82, 2.24) is 20.4 Å². The van der Waals surface area contributed by atoms with Crippen molar-refractivity contribution in [3.8, 4) is 0 Å². The van der Waals surface area contributed by atoms with Gasteiger partial charge in [0.25, 0.3) is 0 Å². The van der Waals surface area contributed by atoms with Crippen LogP contribution in [0.4, 0.5) is 0 Å². The lowest BCUT2D eigenvalue weighted by molar-refractivity contribution is -0.128. The third-order valence-electron chi connectivity index (χ3n) is 2.98. The maximum Gasteiger partial charge on any atom is 0.249 e. The summed E-state index contributed by atoms with van der Waals surface area (Å²) in [4.78, 5) is 28.4. The fourth-order valence-corrected chi connectivity index (χ4v) is 1.93. The molecule has 1 saturated heterocycles. The van der Waals surface area contributed by atoms with Gasteiger partial charge in [-0.15, -0.1) is 0 Å². The van der Waals surface area contributed by atoms with Crippen LogP contribution in [0.15, 0.2) is 4.52 Å². The van der Waals surface area contributed by atoms with Crippen molar-refractivity contribution in [2.75, 3.05) is 20.8 Å². The van der Waals surface area contributed by atoms with Crippen LogP contribution in [-0.2, 0) is 20.9 Å². The van der Waals surface area contributed by atoms with Gasteiger partial charge in [0.1, 0.15) is 12.6 Å². The maximum absolute atomic E-state index is 11.4. The number of ether oxygens (including phenoxy) is 1. The number of carbonyl (C=O) groups excluding carboxylic acids is 2. The van der Waals surface area contributed by atoms with Crippen molar-refractivity contribution >= 4 is 11.8 Å². The molecule has 0 bridgehead atoms. The van der Waals surface area contributed by atoms with Crippen molar-refractivity contribution in [3.63, 3.8) is 0 Å². The van der Waals surface area contributed by atoms with Crippen LogP contribution in [0.3, 0.4) is 0 Å². The Hall–Kier alpha value is -1.96. The minimum atomic E-state index is -0.248. The zero-order chi connectivity index (χ0) is 13.8. The molecule has 1 fully saturated rings. The molecule has 0 radical (unpaired) electrons. The lowest BCUT2D eigenvalue weighted by Crippen LogP contribution is -2.27. The SMILES string of the molecule is COCC(=O)NCc1noc([C@@H]2CCC(=O)N2C)n1. The topological polar surface area (TPSA) is 97.6 Å². The monoisotopic (exact) mass is 268 g/mol. The van der Waals surface area contributed by atoms with Crippen LogP contribution >= 0.6 is 0 Å². The van der Waals surface area contributed by atoms with Gasteiger partial charge < -0.3 is 19.5 Å². The van der Waals surface area contributed by atoms with Gasteiger partial charge in [-0.3, -0.25) is 9.59 Å². The lowest BCUT2D eigenvalue weighted by Gasteiger charge is -2.14. The maximum atomic E-state index is 11.4. The molecule has 0 spiro atoms. The van der Waals surface area contributed by atoms with Gasteiger partial charge in [0.05, 0.1) is 6.54 Å². The smallest absolute Gasteiger partial charge is 0.249 e. The zero-order valence-corrected chi connectivity index (χ0v) is 10.9. The highest BCUT2D eigenvalue weighted by Gasteiger charge is 2.33. The third kappa shape index (κ3) is 3.08. The van der Waals surface area contributed by atoms with Crippen LogP contribution in [-0.4, -0.2) is 47.6 Å². The zero-order valence-electron chi connectivity index (χ0n) is 10.9. The number of methoxy groups -OCH3 is 1. The Labute approximate surface area is 110 Å². The van der Waals surface area contributed by atoms with Gasteiger partial charge in [-0.2, -0.15) is 4.98 Å². The Kier molecular flexibility index (Phi) is 4.10. The van der Waals surface area contributed by atoms with Crippen molar-refractivity contribution in [2.45, 2.75) is 25.4 Å². The first kappa shape index (κ1) is 13.5. The number of aromatic nitrogens is 2. The molecule has 0 aliphatic carbocycles. The van der Waals surface area contributed by atoms with E-state index < -0.39 is 0 Å². The van der Waals surface area contributed by atoms with Crippen LogP contribution < -0.4 is 5.32 Å². The van der Waals surface area contributed by atoms with Gasteiger partial charge in [-0.1, -0.05) is 5.16 Å². The molecule has 8 nitrogen and oxygen atoms in total. The number of amides is 2. The van der Waals surface area contributed by atoms with Gasteiger partial charge in [-0.05, 0) is 6.42 Å². The summed E-state index contributed by atoms with van der Waals surface area (Å²) in [6.45, 7) is 0.167. The average Bonchev–Trinajstić information content (AvgIpc) is 2.96. The summed E-state index contributed by atoms with van der Waals surface area (Å²) in [5.74, 6) is 0.608. The van der Waals surface area contributed by atoms with Gasteiger partial charge in [-0.25, -0.2) is 0 Å². The van der Waals surface area contributed by atoms with E-state index in [4.69, 9.17) is 4.52 Å². The molecule has 1 N–H and O–H groups in total. The van der Waals surface area contributed by atoms with E-state index in [1.807, 2.05) is 0 Å². The number of likely N-dealkylation sites (tertiary alicyclic amines) is 1. The fourth-order valence-electron chi connectivity index (χ4n) is 1.93. The highest BCUT2D eigenvalue weighted by atomic mass is 16.5. The van der Waals surface area contributed by atoms with E-state index >= 15 is 0 Å². The number of hydrogen-bond acceptors (Lipinski definition) is 6. The standard InChI is InChI=1S/C11H16N4O4/c1-15-7(3-4-10(15)17)11-13-8(14-19-11)5-12-9(16)6-18-2/h7H,3-6H2,1-2H3,(H,12,16)/t7-/m0/s1. The Morgan fingerprint density at radius 2 is 2.42 bits per heavy atom. The van der Waals surface area contributed by atoms with Crippen LogP contribution in [0.25, 0.3) is 0 Å². The largest absolute Gasteiger partial charge is 0.375 e. The van der Waals surface area contributed by atoms with E-state index in [9.17, 15) is 9.59 Å². The van der Waals surface area contributed by atoms with Crippen LogP contribution in [0, 0.1) is 0 Å². The molecule has 2 amide bonds. The van der Waals surface area contributed by atoms with E-state index in [0.717, 1.165) is 0 Å². The van der Waals surface area contributed by atoms with E-state index in [1.54, 1.807) is 11.9 Å². The molecule has 8 heteroatoms. The van der Waals surface area contributed by atoms with Crippen LogP contribution in [0.1, 0.15) is 30.6 Å². The number of carbonyl (C=O) groups is 2. The van der Waals surface area contributed by atoms with Crippen molar-refractivity contribution in [1.29, 1.82) is 0 Å². The molecule has 0 aromatic carbocycles.